The third-order valence-electron chi connectivity index (χ3n) is 2.39. The van der Waals surface area contributed by atoms with Crippen LogP contribution in [-0.4, -0.2) is 26.0 Å². The van der Waals surface area contributed by atoms with Gasteiger partial charge in [0.05, 0.1) is 16.8 Å². The second kappa shape index (κ2) is 5.71. The third kappa shape index (κ3) is 3.23. The van der Waals surface area contributed by atoms with Crippen molar-refractivity contribution < 1.29 is 9.90 Å². The van der Waals surface area contributed by atoms with Crippen molar-refractivity contribution in [3.05, 3.63) is 35.2 Å². The minimum Gasteiger partial charge on any atom is -0.478 e. The highest BCUT2D eigenvalue weighted by Crippen LogP contribution is 2.31. The first-order valence-corrected chi connectivity index (χ1v) is 6.57. The molecule has 0 spiro atoms. The highest BCUT2D eigenvalue weighted by atomic mass is 32.1. The molecule has 0 aliphatic heterocycles. The van der Waals surface area contributed by atoms with Crippen LogP contribution in [0.3, 0.4) is 0 Å². The van der Waals surface area contributed by atoms with Gasteiger partial charge in [0.25, 0.3) is 0 Å². The van der Waals surface area contributed by atoms with E-state index in [9.17, 15) is 4.79 Å². The van der Waals surface area contributed by atoms with Crippen LogP contribution in [0.2, 0.25) is 0 Å². The van der Waals surface area contributed by atoms with Crippen LogP contribution >= 0.6 is 11.3 Å². The molecule has 1 N–H and O–H groups in total. The number of rotatable bonds is 4. The van der Waals surface area contributed by atoms with Gasteiger partial charge in [-0.3, -0.25) is 9.97 Å². The van der Waals surface area contributed by atoms with Crippen LogP contribution in [0, 0.1) is 0 Å². The lowest BCUT2D eigenvalue weighted by atomic mass is 10.1. The van der Waals surface area contributed by atoms with Crippen molar-refractivity contribution in [3.63, 3.8) is 0 Å². The van der Waals surface area contributed by atoms with Gasteiger partial charge in [0.1, 0.15) is 10.7 Å². The van der Waals surface area contributed by atoms with Gasteiger partial charge in [-0.1, -0.05) is 13.8 Å². The second-order valence-corrected chi connectivity index (χ2v) is 5.22. The van der Waals surface area contributed by atoms with Crippen LogP contribution in [0.25, 0.3) is 16.8 Å². The lowest BCUT2D eigenvalue weighted by molar-refractivity contribution is -0.131. The van der Waals surface area contributed by atoms with Crippen molar-refractivity contribution in [2.75, 3.05) is 0 Å². The largest absolute Gasteiger partial charge is 0.478 e. The highest BCUT2D eigenvalue weighted by Gasteiger charge is 2.14. The van der Waals surface area contributed by atoms with Gasteiger partial charge in [-0.05, 0) is 12.0 Å². The van der Waals surface area contributed by atoms with E-state index in [2.05, 4.69) is 15.0 Å². The molecule has 2 aromatic heterocycles. The predicted molar refractivity (Wildman–Crippen MR) is 73.9 cm³/mol. The number of nitrogens with zero attached hydrogens (tertiary/aromatic N) is 3. The summed E-state index contributed by atoms with van der Waals surface area (Å²) in [7, 11) is 0. The van der Waals surface area contributed by atoms with Gasteiger partial charge in [-0.15, -0.1) is 11.3 Å². The summed E-state index contributed by atoms with van der Waals surface area (Å²) in [5.74, 6) is -0.751. The summed E-state index contributed by atoms with van der Waals surface area (Å²) in [4.78, 5) is 24.2. The molecule has 6 heteroatoms. The van der Waals surface area contributed by atoms with E-state index in [0.717, 1.165) is 21.7 Å². The van der Waals surface area contributed by atoms with E-state index in [1.54, 1.807) is 24.7 Å². The molecule has 0 saturated carbocycles. The number of aromatic nitrogens is 3. The first kappa shape index (κ1) is 13.4. The second-order valence-electron chi connectivity index (χ2n) is 4.19. The Bertz CT molecular complexity index is 606. The molecular formula is C13H13N3O2S. The molecule has 98 valence electrons. The minimum absolute atomic E-state index is 0.218. The van der Waals surface area contributed by atoms with Crippen molar-refractivity contribution in [2.45, 2.75) is 19.8 Å². The maximum Gasteiger partial charge on any atom is 0.328 e. The Kier molecular flexibility index (Phi) is 4.01. The number of hydrogen-bond acceptors (Lipinski definition) is 5. The van der Waals surface area contributed by atoms with E-state index in [4.69, 9.17) is 5.11 Å². The number of carboxylic acid groups (broad SMARTS) is 1. The predicted octanol–water partition coefficient (Wildman–Crippen LogP) is 2.82. The molecule has 0 aromatic carbocycles. The maximum absolute atomic E-state index is 10.6. The van der Waals surface area contributed by atoms with Gasteiger partial charge in [-0.25, -0.2) is 9.78 Å². The molecule has 0 radical (unpaired) electrons. The highest BCUT2D eigenvalue weighted by molar-refractivity contribution is 7.16. The van der Waals surface area contributed by atoms with Crippen LogP contribution in [0.15, 0.2) is 24.7 Å². The fourth-order valence-corrected chi connectivity index (χ4v) is 2.63. The summed E-state index contributed by atoms with van der Waals surface area (Å²) in [5, 5.41) is 9.45. The average Bonchev–Trinajstić information content (AvgIpc) is 2.81. The van der Waals surface area contributed by atoms with Gasteiger partial charge >= 0.3 is 5.97 Å². The zero-order valence-corrected chi connectivity index (χ0v) is 11.4. The monoisotopic (exact) mass is 275 g/mol. The number of carbonyl (C=O) groups is 1. The summed E-state index contributed by atoms with van der Waals surface area (Å²) in [6.07, 6.45) is 7.56. The summed E-state index contributed by atoms with van der Waals surface area (Å²) < 4.78 is 0. The molecule has 2 aromatic rings. The van der Waals surface area contributed by atoms with E-state index >= 15 is 0 Å². The van der Waals surface area contributed by atoms with Crippen molar-refractivity contribution in [2.24, 2.45) is 0 Å². The first-order valence-electron chi connectivity index (χ1n) is 5.76. The van der Waals surface area contributed by atoms with Crippen LogP contribution < -0.4 is 0 Å². The fraction of sp³-hybridized carbons (Fsp3) is 0.231. The van der Waals surface area contributed by atoms with Gasteiger partial charge in [0.2, 0.25) is 0 Å². The molecule has 19 heavy (non-hydrogen) atoms. The molecule has 0 aliphatic carbocycles. The Morgan fingerprint density at radius 3 is 2.79 bits per heavy atom. The Balaban J connectivity index is 2.44. The molecule has 0 amide bonds. The van der Waals surface area contributed by atoms with Gasteiger partial charge in [0, 0.05) is 18.5 Å². The standard InChI is InChI=1S/C13H13N3O2S/c1-8(2)12-10(3-4-11(17)18)19-13(16-12)9-7-14-5-6-15-9/h3-8H,1-2H3,(H,17,18)/b4-3+. The topological polar surface area (TPSA) is 76.0 Å². The SMILES string of the molecule is CC(C)c1nc(-c2cnccn2)sc1/C=C/C(=O)O. The first-order chi connectivity index (χ1) is 9.08. The van der Waals surface area contributed by atoms with E-state index in [1.807, 2.05) is 13.8 Å². The van der Waals surface area contributed by atoms with Crippen molar-refractivity contribution >= 4 is 23.4 Å². The summed E-state index contributed by atoms with van der Waals surface area (Å²) >= 11 is 1.42. The number of thiazole rings is 1. The summed E-state index contributed by atoms with van der Waals surface area (Å²) in [6.45, 7) is 4.04. The Hall–Kier alpha value is -2.08. The normalized spacial score (nSPS) is 11.3. The Morgan fingerprint density at radius 2 is 2.21 bits per heavy atom. The molecule has 0 saturated heterocycles. The van der Waals surface area contributed by atoms with Gasteiger partial charge < -0.3 is 5.11 Å². The molecule has 2 rings (SSSR count). The third-order valence-corrected chi connectivity index (χ3v) is 3.45. The summed E-state index contributed by atoms with van der Waals surface area (Å²) in [6, 6.07) is 0. The number of hydrogen-bond donors (Lipinski definition) is 1. The van der Waals surface area contributed by atoms with Crippen molar-refractivity contribution in [3.8, 4) is 10.7 Å². The van der Waals surface area contributed by atoms with E-state index < -0.39 is 5.97 Å². The zero-order valence-electron chi connectivity index (χ0n) is 10.6. The number of aliphatic carboxylic acids is 1. The lowest BCUT2D eigenvalue weighted by Gasteiger charge is -2.00. The molecular weight excluding hydrogens is 262 g/mol. The van der Waals surface area contributed by atoms with Gasteiger partial charge in [0.15, 0.2) is 0 Å². The van der Waals surface area contributed by atoms with Crippen molar-refractivity contribution in [1.29, 1.82) is 0 Å². The summed E-state index contributed by atoms with van der Waals surface area (Å²) in [5.41, 5.74) is 1.58. The van der Waals surface area contributed by atoms with Crippen molar-refractivity contribution in [1.82, 2.24) is 15.0 Å². The van der Waals surface area contributed by atoms with Crippen LogP contribution in [0.5, 0.6) is 0 Å². The molecule has 0 fully saturated rings. The van der Waals surface area contributed by atoms with E-state index in [-0.39, 0.29) is 5.92 Å². The Labute approximate surface area is 114 Å². The van der Waals surface area contributed by atoms with Crippen LogP contribution in [0.4, 0.5) is 0 Å². The Morgan fingerprint density at radius 1 is 1.42 bits per heavy atom. The molecule has 5 nitrogen and oxygen atoms in total. The molecule has 0 unspecified atom stereocenters. The van der Waals surface area contributed by atoms with Gasteiger partial charge in [-0.2, -0.15) is 0 Å². The number of carboxylic acids is 1. The maximum atomic E-state index is 10.6. The lowest BCUT2D eigenvalue weighted by Crippen LogP contribution is -1.91. The fourth-order valence-electron chi connectivity index (χ4n) is 1.54. The smallest absolute Gasteiger partial charge is 0.328 e. The minimum atomic E-state index is -0.968. The molecule has 0 aliphatic rings. The van der Waals surface area contributed by atoms with Crippen LogP contribution in [0.1, 0.15) is 30.3 Å². The average molecular weight is 275 g/mol. The van der Waals surface area contributed by atoms with E-state index in [1.165, 1.54) is 11.3 Å². The molecule has 2 heterocycles. The van der Waals surface area contributed by atoms with E-state index in [0.29, 0.717) is 5.69 Å². The molecule has 0 bridgehead atoms. The molecule has 0 atom stereocenters. The van der Waals surface area contributed by atoms with Crippen LogP contribution in [-0.2, 0) is 4.79 Å². The quantitative estimate of drug-likeness (QED) is 0.868. The zero-order chi connectivity index (χ0) is 13.8.